The molecule has 8 heteroatoms. The van der Waals surface area contributed by atoms with E-state index in [-0.39, 0.29) is 29.8 Å². The van der Waals surface area contributed by atoms with E-state index in [1.165, 1.54) is 18.4 Å². The zero-order chi connectivity index (χ0) is 23.5. The van der Waals surface area contributed by atoms with Gasteiger partial charge in [-0.2, -0.15) is 0 Å². The summed E-state index contributed by atoms with van der Waals surface area (Å²) in [6.45, 7) is 10.3. The van der Waals surface area contributed by atoms with Crippen molar-refractivity contribution in [2.75, 3.05) is 37.3 Å². The van der Waals surface area contributed by atoms with Gasteiger partial charge in [-0.15, -0.1) is 0 Å². The Morgan fingerprint density at radius 2 is 1.76 bits per heavy atom. The van der Waals surface area contributed by atoms with Gasteiger partial charge in [-0.3, -0.25) is 14.5 Å². The highest BCUT2D eigenvalue weighted by atomic mass is 16.2. The summed E-state index contributed by atoms with van der Waals surface area (Å²) >= 11 is 0. The average molecular weight is 449 g/mol. The first-order valence-electron chi connectivity index (χ1n) is 11.6. The van der Waals surface area contributed by atoms with Crippen LogP contribution in [0.1, 0.15) is 53.5 Å². The lowest BCUT2D eigenvalue weighted by Crippen LogP contribution is -2.36. The lowest BCUT2D eigenvalue weighted by Gasteiger charge is -2.31. The van der Waals surface area contributed by atoms with Crippen LogP contribution in [0.2, 0.25) is 0 Å². The highest BCUT2D eigenvalue weighted by molar-refractivity contribution is 6.04. The van der Waals surface area contributed by atoms with E-state index in [1.54, 1.807) is 16.8 Å². The molecule has 1 saturated heterocycles. The number of nitrogens with two attached hydrogens (primary N) is 1. The van der Waals surface area contributed by atoms with Crippen LogP contribution in [0.15, 0.2) is 36.5 Å². The van der Waals surface area contributed by atoms with Gasteiger partial charge in [-0.25, -0.2) is 9.97 Å². The van der Waals surface area contributed by atoms with E-state index < -0.39 is 0 Å². The molecule has 2 N–H and O–H groups in total. The molecule has 4 rings (SSSR count). The van der Waals surface area contributed by atoms with Crippen molar-refractivity contribution in [3.05, 3.63) is 59.1 Å². The Balaban J connectivity index is 1.60. The highest BCUT2D eigenvalue weighted by Gasteiger charge is 2.32. The Morgan fingerprint density at radius 1 is 1.12 bits per heavy atom. The van der Waals surface area contributed by atoms with E-state index in [2.05, 4.69) is 45.7 Å². The van der Waals surface area contributed by atoms with Gasteiger partial charge in [0, 0.05) is 38.7 Å². The predicted molar refractivity (Wildman–Crippen MR) is 129 cm³/mol. The maximum atomic E-state index is 12.8. The molecule has 174 valence electrons. The van der Waals surface area contributed by atoms with Crippen molar-refractivity contribution in [1.82, 2.24) is 19.8 Å². The normalized spacial score (nSPS) is 16.2. The van der Waals surface area contributed by atoms with Crippen LogP contribution in [-0.4, -0.2) is 58.1 Å². The van der Waals surface area contributed by atoms with Gasteiger partial charge in [0.15, 0.2) is 5.78 Å². The van der Waals surface area contributed by atoms with E-state index in [4.69, 9.17) is 5.73 Å². The number of nitrogen functional groups attached to an aromatic ring is 1. The molecule has 1 aromatic heterocycles. The molecule has 0 unspecified atom stereocenters. The number of fused-ring (bicyclic) bond motifs is 1. The van der Waals surface area contributed by atoms with E-state index in [0.717, 1.165) is 31.6 Å². The average Bonchev–Trinajstić information content (AvgIpc) is 3.31. The standard InChI is InChI=1S/C25H32N6O2/c1-4-11-29(3)25(33)23-27-22(26)20-14-21(32)17(2)31(24(20)28-23)16-19-9-7-18(8-10-19)15-30-12-5-6-13-30/h7-10H,2,4-6,11-16H2,1,3H3,(H2,26,27,28). The number of amides is 1. The topological polar surface area (TPSA) is 95.7 Å². The second-order valence-electron chi connectivity index (χ2n) is 8.89. The fraction of sp³-hybridized carbons (Fsp3) is 0.440. The van der Waals surface area contributed by atoms with Gasteiger partial charge < -0.3 is 15.5 Å². The van der Waals surface area contributed by atoms with Crippen LogP contribution in [0, 0.1) is 0 Å². The van der Waals surface area contributed by atoms with Crippen LogP contribution in [-0.2, 0) is 24.3 Å². The number of benzene rings is 1. The van der Waals surface area contributed by atoms with E-state index in [9.17, 15) is 9.59 Å². The first kappa shape index (κ1) is 22.9. The minimum absolute atomic E-state index is 0.0373. The lowest BCUT2D eigenvalue weighted by atomic mass is 10.0. The van der Waals surface area contributed by atoms with Crippen molar-refractivity contribution < 1.29 is 9.59 Å². The van der Waals surface area contributed by atoms with Gasteiger partial charge >= 0.3 is 0 Å². The molecule has 1 amide bonds. The number of anilines is 2. The third kappa shape index (κ3) is 4.90. The minimum atomic E-state index is -0.292. The summed E-state index contributed by atoms with van der Waals surface area (Å²) in [4.78, 5) is 40.0. The number of carbonyl (C=O) groups is 2. The van der Waals surface area contributed by atoms with E-state index in [0.29, 0.717) is 30.2 Å². The molecule has 1 aromatic carbocycles. The van der Waals surface area contributed by atoms with E-state index >= 15 is 0 Å². The number of likely N-dealkylation sites (tertiary alicyclic amines) is 1. The number of carbonyl (C=O) groups excluding carboxylic acids is 2. The van der Waals surface area contributed by atoms with Crippen molar-refractivity contribution in [3.63, 3.8) is 0 Å². The molecule has 0 saturated carbocycles. The number of hydrogen-bond donors (Lipinski definition) is 1. The van der Waals surface area contributed by atoms with Crippen LogP contribution >= 0.6 is 0 Å². The van der Waals surface area contributed by atoms with Gasteiger partial charge in [0.05, 0.1) is 5.70 Å². The fourth-order valence-electron chi connectivity index (χ4n) is 4.43. The monoisotopic (exact) mass is 448 g/mol. The van der Waals surface area contributed by atoms with Crippen LogP contribution in [0.4, 0.5) is 11.6 Å². The second-order valence-corrected chi connectivity index (χ2v) is 8.89. The van der Waals surface area contributed by atoms with Gasteiger partial charge in [0.2, 0.25) is 5.82 Å². The Labute approximate surface area is 195 Å². The number of aromatic nitrogens is 2. The van der Waals surface area contributed by atoms with Crippen LogP contribution in [0.3, 0.4) is 0 Å². The van der Waals surface area contributed by atoms with Crippen LogP contribution < -0.4 is 10.6 Å². The largest absolute Gasteiger partial charge is 0.383 e. The summed E-state index contributed by atoms with van der Waals surface area (Å²) in [5, 5.41) is 0. The zero-order valence-electron chi connectivity index (χ0n) is 19.5. The maximum Gasteiger partial charge on any atom is 0.291 e. The molecular formula is C25H32N6O2. The number of Topliss-reactive ketones (excluding diaryl/α,β-unsaturated/α-hetero) is 1. The fourth-order valence-corrected chi connectivity index (χ4v) is 4.43. The SMILES string of the molecule is C=C1C(=O)Cc2c(N)nc(C(=O)N(C)CCC)nc2N1Cc1ccc(CN2CCCC2)cc1. The predicted octanol–water partition coefficient (Wildman–Crippen LogP) is 2.78. The molecule has 1 fully saturated rings. The molecule has 0 aliphatic carbocycles. The lowest BCUT2D eigenvalue weighted by molar-refractivity contribution is -0.115. The molecule has 2 aliphatic heterocycles. The molecule has 3 heterocycles. The number of hydrogen-bond acceptors (Lipinski definition) is 7. The first-order chi connectivity index (χ1) is 15.9. The number of allylic oxidation sites excluding steroid dienone is 1. The maximum absolute atomic E-state index is 12.8. The zero-order valence-corrected chi connectivity index (χ0v) is 19.5. The first-order valence-corrected chi connectivity index (χ1v) is 11.6. The van der Waals surface area contributed by atoms with Crippen LogP contribution in [0.25, 0.3) is 0 Å². The molecule has 2 aliphatic rings. The molecule has 0 radical (unpaired) electrons. The van der Waals surface area contributed by atoms with Crippen molar-refractivity contribution >= 4 is 23.3 Å². The second kappa shape index (κ2) is 9.70. The molecule has 2 aromatic rings. The molecule has 0 atom stereocenters. The summed E-state index contributed by atoms with van der Waals surface area (Å²) < 4.78 is 0. The Kier molecular flexibility index (Phi) is 6.74. The van der Waals surface area contributed by atoms with Crippen LogP contribution in [0.5, 0.6) is 0 Å². The quantitative estimate of drug-likeness (QED) is 0.651. The highest BCUT2D eigenvalue weighted by Crippen LogP contribution is 2.33. The van der Waals surface area contributed by atoms with Crippen molar-refractivity contribution in [2.45, 2.75) is 45.7 Å². The van der Waals surface area contributed by atoms with Crippen molar-refractivity contribution in [3.8, 4) is 0 Å². The summed E-state index contributed by atoms with van der Waals surface area (Å²) in [5.41, 5.74) is 9.37. The number of nitrogens with zero attached hydrogens (tertiary/aromatic N) is 5. The molecule has 33 heavy (non-hydrogen) atoms. The minimum Gasteiger partial charge on any atom is -0.383 e. The van der Waals surface area contributed by atoms with E-state index in [1.807, 2.05) is 6.92 Å². The summed E-state index contributed by atoms with van der Waals surface area (Å²) in [6, 6.07) is 8.41. The molecule has 0 bridgehead atoms. The summed E-state index contributed by atoms with van der Waals surface area (Å²) in [6.07, 6.45) is 3.46. The van der Waals surface area contributed by atoms with Crippen molar-refractivity contribution in [1.29, 1.82) is 0 Å². The molecule has 0 spiro atoms. The number of ketones is 1. The van der Waals surface area contributed by atoms with Gasteiger partial charge in [0.25, 0.3) is 5.91 Å². The molecular weight excluding hydrogens is 416 g/mol. The third-order valence-corrected chi connectivity index (χ3v) is 6.32. The summed E-state index contributed by atoms with van der Waals surface area (Å²) in [7, 11) is 1.72. The Morgan fingerprint density at radius 3 is 2.39 bits per heavy atom. The van der Waals surface area contributed by atoms with Gasteiger partial charge in [0.1, 0.15) is 11.6 Å². The smallest absolute Gasteiger partial charge is 0.291 e. The Hall–Kier alpha value is -3.26. The molecule has 8 nitrogen and oxygen atoms in total. The number of rotatable bonds is 7. The van der Waals surface area contributed by atoms with Gasteiger partial charge in [-0.1, -0.05) is 37.8 Å². The Bertz CT molecular complexity index is 1060. The van der Waals surface area contributed by atoms with Crippen molar-refractivity contribution in [2.24, 2.45) is 0 Å². The van der Waals surface area contributed by atoms with Gasteiger partial charge in [-0.05, 0) is 43.5 Å². The summed E-state index contributed by atoms with van der Waals surface area (Å²) in [5.74, 6) is 0.280. The third-order valence-electron chi connectivity index (χ3n) is 6.32.